The first kappa shape index (κ1) is 35.0. The normalized spacial score (nSPS) is 6.44. The molecular weight excluding hydrogens is 213 g/mol. The van der Waals surface area contributed by atoms with Gasteiger partial charge in [-0.15, -0.1) is 0 Å². The van der Waals surface area contributed by atoms with Crippen molar-refractivity contribution in [1.82, 2.24) is 0 Å². The molecule has 0 aromatic rings. The van der Waals surface area contributed by atoms with E-state index in [1.807, 2.05) is 0 Å². The molecule has 0 amide bonds. The molecule has 0 aliphatic rings. The molecule has 0 heterocycles. The molecule has 0 atom stereocenters. The van der Waals surface area contributed by atoms with Crippen LogP contribution in [0.3, 0.4) is 0 Å². The van der Waals surface area contributed by atoms with E-state index in [1.54, 1.807) is 0 Å². The van der Waals surface area contributed by atoms with Gasteiger partial charge >= 0.3 is 0 Å². The van der Waals surface area contributed by atoms with Crippen LogP contribution >= 0.6 is 0 Å². The molecule has 0 rings (SSSR count). The summed E-state index contributed by atoms with van der Waals surface area (Å²) in [4.78, 5) is 0. The van der Waals surface area contributed by atoms with Crippen molar-refractivity contribution >= 4 is 10.1 Å². The van der Waals surface area contributed by atoms with Gasteiger partial charge in [0.25, 0.3) is 10.1 Å². The Balaban J connectivity index is -0.0000000133. The predicted molar refractivity (Wildman–Crippen MR) is 17.5 cm³/mol. The summed E-state index contributed by atoms with van der Waals surface area (Å²) in [5, 5.41) is 0. The Labute approximate surface area is 61.1 Å². The third kappa shape index (κ3) is 6600. The van der Waals surface area contributed by atoms with Crippen LogP contribution in [0, 0.1) is 0 Å². The Morgan fingerprint density at radius 2 is 1.11 bits per heavy atom. The second-order valence-electron chi connectivity index (χ2n) is 0.733. The minimum absolute atomic E-state index is 0. The van der Waals surface area contributed by atoms with E-state index in [2.05, 4.69) is 0 Å². The van der Waals surface area contributed by atoms with Gasteiger partial charge in [-0.05, 0) is 0 Å². The van der Waals surface area contributed by atoms with Crippen LogP contribution in [0.5, 0.6) is 0 Å². The van der Waals surface area contributed by atoms with E-state index in [1.165, 1.54) is 0 Å². The van der Waals surface area contributed by atoms with Crippen molar-refractivity contribution in [2.75, 3.05) is 6.26 Å². The molecule has 0 aromatic heterocycles. The zero-order chi connectivity index (χ0) is 4.50. The molecule has 1 radical (unpaired) electrons. The van der Waals surface area contributed by atoms with E-state index >= 15 is 0 Å². The Bertz CT molecular complexity index is 102. The van der Waals surface area contributed by atoms with Gasteiger partial charge in [-0.1, -0.05) is 0 Å². The smallest absolute Gasteiger partial charge is 0.261 e. The summed E-state index contributed by atoms with van der Waals surface area (Å²) in [6.45, 7) is 0. The first-order valence-electron chi connectivity index (χ1n) is 0.924. The zero-order valence-electron chi connectivity index (χ0n) is 4.11. The maximum absolute atomic E-state index is 9.19. The van der Waals surface area contributed by atoms with E-state index in [0.717, 1.165) is 0 Å². The van der Waals surface area contributed by atoms with Crippen LogP contribution in [0.1, 0.15) is 0 Å². The number of halogens is 3. The average Bonchev–Trinajstić information content (AvgIpc) is 0.722. The minimum atomic E-state index is -3.67. The molecule has 0 fully saturated rings. The standard InChI is InChI=1S/CH4O3S.Cu.3FH/c1-5(2,3)4;;;;/h1H3,(H,2,3,4);;3*1H/p-3. The summed E-state index contributed by atoms with van der Waals surface area (Å²) in [5.74, 6) is 0. The third-order valence-electron chi connectivity index (χ3n) is 0. The van der Waals surface area contributed by atoms with Crippen LogP contribution in [0.2, 0.25) is 0 Å². The van der Waals surface area contributed by atoms with Crippen LogP contribution in [-0.2, 0) is 27.2 Å². The summed E-state index contributed by atoms with van der Waals surface area (Å²) in [7, 11) is -3.67. The molecule has 3 nitrogen and oxygen atoms in total. The number of hydrogen-bond donors (Lipinski definition) is 1. The van der Waals surface area contributed by atoms with E-state index < -0.39 is 10.1 Å². The van der Waals surface area contributed by atoms with Gasteiger partial charge in [0.1, 0.15) is 0 Å². The molecule has 0 aliphatic carbocycles. The van der Waals surface area contributed by atoms with Gasteiger partial charge in [-0.25, -0.2) is 0 Å². The molecular formula is CH4CuF3O3S-3. The number of rotatable bonds is 0. The van der Waals surface area contributed by atoms with E-state index in [4.69, 9.17) is 4.55 Å². The summed E-state index contributed by atoms with van der Waals surface area (Å²) < 4.78 is 25.9. The molecule has 8 heteroatoms. The molecule has 0 bridgehead atoms. The molecule has 1 N–H and O–H groups in total. The second-order valence-corrected chi connectivity index (χ2v) is 2.20. The van der Waals surface area contributed by atoms with Gasteiger partial charge in [-0.3, -0.25) is 4.55 Å². The molecule has 0 aromatic carbocycles. The van der Waals surface area contributed by atoms with Crippen molar-refractivity contribution in [3.8, 4) is 0 Å². The fourth-order valence-electron chi connectivity index (χ4n) is 0. The topological polar surface area (TPSA) is 54.4 Å². The average molecular weight is 217 g/mol. The Hall–Kier alpha value is 0.219. The van der Waals surface area contributed by atoms with Crippen LogP contribution in [0.15, 0.2) is 0 Å². The fourth-order valence-corrected chi connectivity index (χ4v) is 0. The van der Waals surface area contributed by atoms with Crippen LogP contribution < -0.4 is 14.1 Å². The van der Waals surface area contributed by atoms with Crippen molar-refractivity contribution in [2.45, 2.75) is 0 Å². The van der Waals surface area contributed by atoms with Crippen molar-refractivity contribution in [2.24, 2.45) is 0 Å². The fraction of sp³-hybridized carbons (Fsp3) is 1.00. The van der Waals surface area contributed by atoms with Gasteiger partial charge in [0.2, 0.25) is 0 Å². The van der Waals surface area contributed by atoms with Gasteiger partial charge in [-0.2, -0.15) is 8.42 Å². The van der Waals surface area contributed by atoms with Gasteiger partial charge < -0.3 is 14.1 Å². The van der Waals surface area contributed by atoms with Crippen molar-refractivity contribution < 1.29 is 44.2 Å². The molecule has 0 saturated heterocycles. The summed E-state index contributed by atoms with van der Waals surface area (Å²) >= 11 is 0. The van der Waals surface area contributed by atoms with Crippen molar-refractivity contribution in [3.05, 3.63) is 0 Å². The van der Waals surface area contributed by atoms with Gasteiger partial charge in [0.15, 0.2) is 0 Å². The monoisotopic (exact) mass is 216 g/mol. The first-order chi connectivity index (χ1) is 2.00. The summed E-state index contributed by atoms with van der Waals surface area (Å²) in [6.07, 6.45) is 0.715. The molecule has 0 unspecified atom stereocenters. The molecule has 9 heavy (non-hydrogen) atoms. The summed E-state index contributed by atoms with van der Waals surface area (Å²) in [5.41, 5.74) is 0. The van der Waals surface area contributed by atoms with E-state index in [0.29, 0.717) is 6.26 Å². The van der Waals surface area contributed by atoms with Crippen LogP contribution in [0.4, 0.5) is 0 Å². The van der Waals surface area contributed by atoms with Crippen molar-refractivity contribution in [3.63, 3.8) is 0 Å². The minimum Gasteiger partial charge on any atom is -1.00 e. The van der Waals surface area contributed by atoms with Crippen LogP contribution in [0.25, 0.3) is 0 Å². The molecule has 0 aliphatic heterocycles. The maximum Gasteiger partial charge on any atom is 0.261 e. The molecule has 67 valence electrons. The van der Waals surface area contributed by atoms with E-state index in [9.17, 15) is 8.42 Å². The Morgan fingerprint density at radius 3 is 1.11 bits per heavy atom. The zero-order valence-corrected chi connectivity index (χ0v) is 5.87. The summed E-state index contributed by atoms with van der Waals surface area (Å²) in [6, 6.07) is 0. The SMILES string of the molecule is CS(=O)(=O)O.[Cu].[F-].[F-].[F-]. The Kier molecular flexibility index (Phi) is 43.1. The number of hydrogen-bond acceptors (Lipinski definition) is 2. The molecule has 0 spiro atoms. The van der Waals surface area contributed by atoms with Gasteiger partial charge in [0, 0.05) is 17.1 Å². The third-order valence-corrected chi connectivity index (χ3v) is 0. The second kappa shape index (κ2) is 11.1. The maximum atomic E-state index is 9.19. The van der Waals surface area contributed by atoms with Crippen molar-refractivity contribution in [1.29, 1.82) is 0 Å². The van der Waals surface area contributed by atoms with Gasteiger partial charge in [0.05, 0.1) is 6.26 Å². The van der Waals surface area contributed by atoms with E-state index in [-0.39, 0.29) is 31.2 Å². The molecule has 0 saturated carbocycles. The first-order valence-corrected chi connectivity index (χ1v) is 2.77. The Morgan fingerprint density at radius 1 is 1.11 bits per heavy atom. The van der Waals surface area contributed by atoms with Crippen LogP contribution in [-0.4, -0.2) is 19.2 Å². The largest absolute Gasteiger partial charge is 1.00 e. The predicted octanol–water partition coefficient (Wildman–Crippen LogP) is -9.49. The quantitative estimate of drug-likeness (QED) is 0.323.